The number of carbonyl (C=O) groups excluding carboxylic acids is 2. The summed E-state index contributed by atoms with van der Waals surface area (Å²) in [5, 5.41) is 3.12. The molecule has 1 aliphatic heterocycles. The number of halogens is 2. The van der Waals surface area contributed by atoms with Crippen LogP contribution in [0.2, 0.25) is 0 Å². The van der Waals surface area contributed by atoms with Crippen LogP contribution < -0.4 is 11.1 Å². The maximum atomic E-state index is 13.3. The maximum absolute atomic E-state index is 13.3. The first-order valence-corrected chi connectivity index (χ1v) is 7.73. The van der Waals surface area contributed by atoms with Gasteiger partial charge in [0.2, 0.25) is 11.8 Å². The van der Waals surface area contributed by atoms with Crippen molar-refractivity contribution in [1.82, 2.24) is 4.90 Å². The Labute approximate surface area is 132 Å². The van der Waals surface area contributed by atoms with Crippen LogP contribution in [-0.2, 0) is 9.59 Å². The number of amides is 2. The van der Waals surface area contributed by atoms with Gasteiger partial charge in [-0.3, -0.25) is 9.59 Å². The zero-order valence-corrected chi connectivity index (χ0v) is 12.6. The second kappa shape index (κ2) is 5.79. The van der Waals surface area contributed by atoms with Crippen molar-refractivity contribution in [3.8, 4) is 0 Å². The minimum absolute atomic E-state index is 0.0683. The number of benzene rings is 1. The lowest BCUT2D eigenvalue weighted by molar-refractivity contribution is -0.143. The number of hydrogen-bond donors (Lipinski definition) is 2. The second-order valence-corrected chi connectivity index (χ2v) is 6.31. The Morgan fingerprint density at radius 1 is 1.26 bits per heavy atom. The monoisotopic (exact) mass is 323 g/mol. The van der Waals surface area contributed by atoms with Crippen LogP contribution in [0.5, 0.6) is 0 Å². The van der Waals surface area contributed by atoms with Crippen molar-refractivity contribution < 1.29 is 18.4 Å². The number of nitrogens with one attached hydrogen (secondary N) is 1. The molecule has 0 unspecified atom stereocenters. The second-order valence-electron chi connectivity index (χ2n) is 6.31. The zero-order chi connectivity index (χ0) is 16.6. The molecule has 2 fully saturated rings. The van der Waals surface area contributed by atoms with Crippen LogP contribution in [0, 0.1) is 17.0 Å². The Morgan fingerprint density at radius 2 is 2.00 bits per heavy atom. The average Bonchev–Trinajstić information content (AvgIpc) is 3.32. The summed E-state index contributed by atoms with van der Waals surface area (Å²) >= 11 is 0. The fourth-order valence-corrected chi connectivity index (χ4v) is 3.09. The van der Waals surface area contributed by atoms with E-state index in [1.54, 1.807) is 4.90 Å². The van der Waals surface area contributed by atoms with Gasteiger partial charge in [-0.25, -0.2) is 8.78 Å². The quantitative estimate of drug-likeness (QED) is 0.827. The summed E-state index contributed by atoms with van der Waals surface area (Å²) in [7, 11) is 0. The molecule has 124 valence electrons. The van der Waals surface area contributed by atoms with E-state index in [0.29, 0.717) is 31.6 Å². The van der Waals surface area contributed by atoms with Gasteiger partial charge in [-0.2, -0.15) is 0 Å². The first-order valence-electron chi connectivity index (χ1n) is 7.73. The molecule has 3 N–H and O–H groups in total. The van der Waals surface area contributed by atoms with Crippen molar-refractivity contribution in [2.75, 3.05) is 18.4 Å². The number of rotatable bonds is 4. The van der Waals surface area contributed by atoms with Crippen LogP contribution in [-0.4, -0.2) is 35.8 Å². The van der Waals surface area contributed by atoms with E-state index in [0.717, 1.165) is 25.0 Å². The Bertz CT molecular complexity index is 646. The van der Waals surface area contributed by atoms with Gasteiger partial charge in [0.05, 0.1) is 0 Å². The third kappa shape index (κ3) is 3.00. The van der Waals surface area contributed by atoms with E-state index in [1.807, 2.05) is 0 Å². The Morgan fingerprint density at radius 3 is 2.61 bits per heavy atom. The summed E-state index contributed by atoms with van der Waals surface area (Å²) in [4.78, 5) is 25.7. The Balaban J connectivity index is 1.65. The number of nitrogens with zero attached hydrogens (tertiary/aromatic N) is 1. The molecule has 1 atom stereocenters. The van der Waals surface area contributed by atoms with E-state index in [4.69, 9.17) is 5.73 Å². The molecular formula is C16H19F2N3O2. The molecule has 1 aromatic carbocycles. The molecule has 0 bridgehead atoms. The normalized spacial score (nSPS) is 22.5. The van der Waals surface area contributed by atoms with Crippen LogP contribution in [0.1, 0.15) is 25.7 Å². The van der Waals surface area contributed by atoms with Crippen molar-refractivity contribution >= 4 is 17.5 Å². The lowest BCUT2D eigenvalue weighted by atomic mass is 10.00. The summed E-state index contributed by atoms with van der Waals surface area (Å²) in [6.07, 6.45) is 2.62. The summed E-state index contributed by atoms with van der Waals surface area (Å²) in [5.74, 6) is -2.57. The van der Waals surface area contributed by atoms with E-state index in [2.05, 4.69) is 5.32 Å². The van der Waals surface area contributed by atoms with Crippen LogP contribution >= 0.6 is 0 Å². The Hall–Kier alpha value is -2.18. The van der Waals surface area contributed by atoms with Gasteiger partial charge in [0.15, 0.2) is 11.6 Å². The summed E-state index contributed by atoms with van der Waals surface area (Å²) in [6, 6.07) is 3.56. The topological polar surface area (TPSA) is 75.4 Å². The van der Waals surface area contributed by atoms with E-state index in [9.17, 15) is 18.4 Å². The van der Waals surface area contributed by atoms with Gasteiger partial charge in [0.25, 0.3) is 0 Å². The third-order valence-electron chi connectivity index (χ3n) is 4.63. The maximum Gasteiger partial charge on any atom is 0.238 e. The van der Waals surface area contributed by atoms with Gasteiger partial charge in [-0.15, -0.1) is 0 Å². The lowest BCUT2D eigenvalue weighted by Gasteiger charge is -2.35. The number of hydrogen-bond acceptors (Lipinski definition) is 3. The SMILES string of the molecule is NC(=O)C1(C(=O)N2CCC[C@@H](Nc3ccc(F)c(F)c3)C2)CC1. The van der Waals surface area contributed by atoms with Crippen LogP contribution in [0.3, 0.4) is 0 Å². The molecule has 1 saturated heterocycles. The molecule has 3 rings (SSSR count). The van der Waals surface area contributed by atoms with Crippen molar-refractivity contribution in [3.63, 3.8) is 0 Å². The van der Waals surface area contributed by atoms with E-state index in [1.165, 1.54) is 6.07 Å². The molecule has 1 saturated carbocycles. The highest BCUT2D eigenvalue weighted by Gasteiger charge is 2.57. The first kappa shape index (κ1) is 15.7. The number of likely N-dealkylation sites (tertiary alicyclic amines) is 1. The summed E-state index contributed by atoms with van der Waals surface area (Å²) in [6.45, 7) is 1.01. The molecule has 1 aromatic rings. The number of primary amides is 1. The molecule has 0 spiro atoms. The van der Waals surface area contributed by atoms with Gasteiger partial charge in [-0.05, 0) is 37.8 Å². The van der Waals surface area contributed by atoms with Crippen molar-refractivity contribution in [3.05, 3.63) is 29.8 Å². The number of carbonyl (C=O) groups is 2. The average molecular weight is 323 g/mol. The third-order valence-corrected chi connectivity index (χ3v) is 4.63. The van der Waals surface area contributed by atoms with Crippen LogP contribution in [0.4, 0.5) is 14.5 Å². The minimum atomic E-state index is -1.01. The van der Waals surface area contributed by atoms with Crippen molar-refractivity contribution in [2.24, 2.45) is 11.1 Å². The summed E-state index contributed by atoms with van der Waals surface area (Å²) in [5.41, 5.74) is 4.81. The molecule has 2 aliphatic rings. The highest BCUT2D eigenvalue weighted by atomic mass is 19.2. The molecule has 7 heteroatoms. The highest BCUT2D eigenvalue weighted by molar-refractivity contribution is 6.07. The van der Waals surface area contributed by atoms with Gasteiger partial charge in [-0.1, -0.05) is 0 Å². The molecule has 23 heavy (non-hydrogen) atoms. The van der Waals surface area contributed by atoms with E-state index in [-0.39, 0.29) is 11.9 Å². The van der Waals surface area contributed by atoms with Crippen molar-refractivity contribution in [2.45, 2.75) is 31.7 Å². The predicted octanol–water partition coefficient (Wildman–Crippen LogP) is 1.63. The van der Waals surface area contributed by atoms with Crippen LogP contribution in [0.15, 0.2) is 18.2 Å². The van der Waals surface area contributed by atoms with E-state index >= 15 is 0 Å². The fourth-order valence-electron chi connectivity index (χ4n) is 3.09. The molecular weight excluding hydrogens is 304 g/mol. The predicted molar refractivity (Wildman–Crippen MR) is 80.4 cm³/mol. The first-order chi connectivity index (χ1) is 10.9. The fraction of sp³-hybridized carbons (Fsp3) is 0.500. The lowest BCUT2D eigenvalue weighted by Crippen LogP contribution is -2.50. The van der Waals surface area contributed by atoms with Gasteiger partial charge < -0.3 is 16.0 Å². The van der Waals surface area contributed by atoms with Gasteiger partial charge in [0.1, 0.15) is 5.41 Å². The highest BCUT2D eigenvalue weighted by Crippen LogP contribution is 2.47. The number of piperidine rings is 1. The number of anilines is 1. The number of nitrogens with two attached hydrogens (primary N) is 1. The van der Waals surface area contributed by atoms with Gasteiger partial charge in [0, 0.05) is 30.9 Å². The minimum Gasteiger partial charge on any atom is -0.380 e. The standard InChI is InChI=1S/C16H19F2N3O2/c17-12-4-3-10(8-13(12)18)20-11-2-1-7-21(9-11)15(23)16(5-6-16)14(19)22/h3-4,8,11,20H,1-2,5-7,9H2,(H2,19,22)/t11-/m1/s1. The molecule has 5 nitrogen and oxygen atoms in total. The largest absolute Gasteiger partial charge is 0.380 e. The molecule has 0 radical (unpaired) electrons. The summed E-state index contributed by atoms with van der Waals surface area (Å²) < 4.78 is 26.2. The molecule has 0 aromatic heterocycles. The smallest absolute Gasteiger partial charge is 0.238 e. The van der Waals surface area contributed by atoms with E-state index < -0.39 is 23.0 Å². The van der Waals surface area contributed by atoms with Gasteiger partial charge >= 0.3 is 0 Å². The molecule has 2 amide bonds. The van der Waals surface area contributed by atoms with Crippen molar-refractivity contribution in [1.29, 1.82) is 0 Å². The molecule has 1 aliphatic carbocycles. The Kier molecular flexibility index (Phi) is 3.95. The van der Waals surface area contributed by atoms with Crippen LogP contribution in [0.25, 0.3) is 0 Å². The molecule has 1 heterocycles. The zero-order valence-electron chi connectivity index (χ0n) is 12.6.